The maximum Gasteiger partial charge on any atom is 0.0139 e. The molecule has 0 spiro atoms. The molecule has 3 rings (SSSR count). The molecule has 3 atom stereocenters. The van der Waals surface area contributed by atoms with Crippen molar-refractivity contribution in [3.63, 3.8) is 0 Å². The Morgan fingerprint density at radius 2 is 1.81 bits per heavy atom. The van der Waals surface area contributed by atoms with Crippen LogP contribution in [0.15, 0.2) is 12.2 Å². The fourth-order valence-electron chi connectivity index (χ4n) is 4.49. The molecule has 0 aromatic rings. The highest BCUT2D eigenvalue weighted by atomic mass is 15.0. The summed E-state index contributed by atoms with van der Waals surface area (Å²) in [6.45, 7) is 7.53. The average molecular weight is 219 g/mol. The predicted octanol–water partition coefficient (Wildman–Crippen LogP) is 3.51. The highest BCUT2D eigenvalue weighted by Gasteiger charge is 2.61. The third-order valence-corrected chi connectivity index (χ3v) is 6.24. The van der Waals surface area contributed by atoms with Gasteiger partial charge in [0.1, 0.15) is 0 Å². The summed E-state index contributed by atoms with van der Waals surface area (Å²) in [6.07, 6.45) is 11.5. The van der Waals surface area contributed by atoms with Gasteiger partial charge in [0, 0.05) is 12.1 Å². The third kappa shape index (κ3) is 1.27. The number of nitrogens with one attached hydrogen (secondary N) is 1. The average Bonchev–Trinajstić information content (AvgIpc) is 2.84. The van der Waals surface area contributed by atoms with Crippen molar-refractivity contribution in [2.45, 2.75) is 65.0 Å². The van der Waals surface area contributed by atoms with E-state index >= 15 is 0 Å². The van der Waals surface area contributed by atoms with Crippen molar-refractivity contribution in [1.29, 1.82) is 0 Å². The van der Waals surface area contributed by atoms with E-state index in [2.05, 4.69) is 38.2 Å². The van der Waals surface area contributed by atoms with E-state index in [1.165, 1.54) is 32.1 Å². The lowest BCUT2D eigenvalue weighted by atomic mass is 9.69. The lowest BCUT2D eigenvalue weighted by molar-refractivity contribution is 0.116. The zero-order valence-corrected chi connectivity index (χ0v) is 10.9. The van der Waals surface area contributed by atoms with Crippen LogP contribution in [-0.4, -0.2) is 12.1 Å². The Bertz CT molecular complexity index is 309. The molecule has 1 heteroatoms. The first-order valence-corrected chi connectivity index (χ1v) is 6.95. The molecule has 0 aromatic carbocycles. The van der Waals surface area contributed by atoms with Gasteiger partial charge in [0.2, 0.25) is 0 Å². The van der Waals surface area contributed by atoms with Gasteiger partial charge in [-0.2, -0.15) is 0 Å². The van der Waals surface area contributed by atoms with Crippen molar-refractivity contribution in [1.82, 2.24) is 5.32 Å². The fourth-order valence-corrected chi connectivity index (χ4v) is 4.49. The first-order chi connectivity index (χ1) is 7.54. The molecule has 0 aromatic heterocycles. The number of fused-ring (bicyclic) bond motifs is 2. The molecule has 0 aliphatic heterocycles. The van der Waals surface area contributed by atoms with Crippen molar-refractivity contribution in [3.05, 3.63) is 12.2 Å². The third-order valence-electron chi connectivity index (χ3n) is 6.24. The summed E-state index contributed by atoms with van der Waals surface area (Å²) >= 11 is 0. The molecule has 2 fully saturated rings. The first kappa shape index (κ1) is 10.8. The highest BCUT2D eigenvalue weighted by Crippen LogP contribution is 2.65. The van der Waals surface area contributed by atoms with Crippen LogP contribution in [0.1, 0.15) is 52.9 Å². The van der Waals surface area contributed by atoms with E-state index in [1.807, 2.05) is 0 Å². The monoisotopic (exact) mass is 219 g/mol. The van der Waals surface area contributed by atoms with Crippen LogP contribution in [0.25, 0.3) is 0 Å². The maximum atomic E-state index is 3.94. The summed E-state index contributed by atoms with van der Waals surface area (Å²) in [6, 6.07) is 1.50. The van der Waals surface area contributed by atoms with Crippen molar-refractivity contribution < 1.29 is 0 Å². The summed E-state index contributed by atoms with van der Waals surface area (Å²) in [5.74, 6) is 0.962. The SMILES string of the molecule is CC1(C)C2CCC1(C)C(NC1CC=CC1)C2. The van der Waals surface area contributed by atoms with E-state index < -0.39 is 0 Å². The van der Waals surface area contributed by atoms with Gasteiger partial charge in [-0.1, -0.05) is 32.9 Å². The molecule has 0 amide bonds. The van der Waals surface area contributed by atoms with Gasteiger partial charge >= 0.3 is 0 Å². The van der Waals surface area contributed by atoms with Crippen molar-refractivity contribution in [2.75, 3.05) is 0 Å². The van der Waals surface area contributed by atoms with Crippen molar-refractivity contribution in [2.24, 2.45) is 16.7 Å². The molecular formula is C15H25N. The summed E-state index contributed by atoms with van der Waals surface area (Å²) in [7, 11) is 0. The second kappa shape index (κ2) is 3.35. The molecule has 1 N–H and O–H groups in total. The van der Waals surface area contributed by atoms with Gasteiger partial charge in [0.05, 0.1) is 0 Å². The Balaban J connectivity index is 1.74. The lowest BCUT2D eigenvalue weighted by Crippen LogP contribution is -2.47. The maximum absolute atomic E-state index is 3.94. The topological polar surface area (TPSA) is 12.0 Å². The Kier molecular flexibility index (Phi) is 2.27. The van der Waals surface area contributed by atoms with Gasteiger partial charge in [0.25, 0.3) is 0 Å². The van der Waals surface area contributed by atoms with E-state index in [4.69, 9.17) is 0 Å². The second-order valence-electron chi connectivity index (χ2n) is 6.97. The van der Waals surface area contributed by atoms with Gasteiger partial charge in [-0.15, -0.1) is 0 Å². The Morgan fingerprint density at radius 1 is 1.12 bits per heavy atom. The van der Waals surface area contributed by atoms with E-state index in [0.717, 1.165) is 18.0 Å². The van der Waals surface area contributed by atoms with Crippen LogP contribution in [-0.2, 0) is 0 Å². The minimum atomic E-state index is 0.542. The lowest BCUT2D eigenvalue weighted by Gasteiger charge is -2.40. The Morgan fingerprint density at radius 3 is 2.31 bits per heavy atom. The largest absolute Gasteiger partial charge is 0.310 e. The highest BCUT2D eigenvalue weighted by molar-refractivity contribution is 5.14. The van der Waals surface area contributed by atoms with Gasteiger partial charge < -0.3 is 5.32 Å². The van der Waals surface area contributed by atoms with Crippen LogP contribution in [0, 0.1) is 16.7 Å². The van der Waals surface area contributed by atoms with Crippen LogP contribution >= 0.6 is 0 Å². The number of rotatable bonds is 2. The fraction of sp³-hybridized carbons (Fsp3) is 0.867. The normalized spacial score (nSPS) is 45.7. The molecule has 2 saturated carbocycles. The zero-order valence-electron chi connectivity index (χ0n) is 10.9. The van der Waals surface area contributed by atoms with E-state index in [0.29, 0.717) is 10.8 Å². The van der Waals surface area contributed by atoms with E-state index in [1.54, 1.807) is 0 Å². The smallest absolute Gasteiger partial charge is 0.0139 e. The van der Waals surface area contributed by atoms with Crippen molar-refractivity contribution in [3.8, 4) is 0 Å². The molecular weight excluding hydrogens is 194 g/mol. The van der Waals surface area contributed by atoms with Crippen LogP contribution in [0.5, 0.6) is 0 Å². The molecule has 0 radical (unpaired) electrons. The second-order valence-corrected chi connectivity index (χ2v) is 6.97. The van der Waals surface area contributed by atoms with Gasteiger partial charge in [-0.25, -0.2) is 0 Å². The minimum absolute atomic E-state index is 0.542. The summed E-state index contributed by atoms with van der Waals surface area (Å²) in [4.78, 5) is 0. The predicted molar refractivity (Wildman–Crippen MR) is 68.3 cm³/mol. The minimum Gasteiger partial charge on any atom is -0.310 e. The zero-order chi connectivity index (χ0) is 11.4. The van der Waals surface area contributed by atoms with Crippen LogP contribution in [0.3, 0.4) is 0 Å². The van der Waals surface area contributed by atoms with Crippen molar-refractivity contribution >= 4 is 0 Å². The summed E-state index contributed by atoms with van der Waals surface area (Å²) in [5, 5.41) is 3.94. The Hall–Kier alpha value is -0.300. The molecule has 90 valence electrons. The van der Waals surface area contributed by atoms with Crippen LogP contribution in [0.2, 0.25) is 0 Å². The first-order valence-electron chi connectivity index (χ1n) is 6.95. The molecule has 3 aliphatic carbocycles. The van der Waals surface area contributed by atoms with Gasteiger partial charge in [-0.05, 0) is 48.9 Å². The molecule has 1 nitrogen and oxygen atoms in total. The molecule has 0 heterocycles. The quantitative estimate of drug-likeness (QED) is 0.701. The molecule has 16 heavy (non-hydrogen) atoms. The standard InChI is InChI=1S/C15H25N/c1-14(2)11-8-9-15(14,3)13(10-11)16-12-6-4-5-7-12/h4-5,11-13,16H,6-10H2,1-3H3. The number of hydrogen-bond acceptors (Lipinski definition) is 1. The molecule has 3 aliphatic rings. The molecule has 2 bridgehead atoms. The number of hydrogen-bond donors (Lipinski definition) is 1. The van der Waals surface area contributed by atoms with E-state index in [9.17, 15) is 0 Å². The van der Waals surface area contributed by atoms with Gasteiger partial charge in [0.15, 0.2) is 0 Å². The summed E-state index contributed by atoms with van der Waals surface area (Å²) in [5.41, 5.74) is 1.09. The van der Waals surface area contributed by atoms with Crippen LogP contribution < -0.4 is 5.32 Å². The van der Waals surface area contributed by atoms with E-state index in [-0.39, 0.29) is 0 Å². The molecule has 3 unspecified atom stereocenters. The summed E-state index contributed by atoms with van der Waals surface area (Å²) < 4.78 is 0. The van der Waals surface area contributed by atoms with Gasteiger partial charge in [-0.3, -0.25) is 0 Å². The van der Waals surface area contributed by atoms with Crippen LogP contribution in [0.4, 0.5) is 0 Å². The Labute approximate surface area is 99.7 Å². The molecule has 0 saturated heterocycles.